The Labute approximate surface area is 108 Å². The second-order valence-corrected chi connectivity index (χ2v) is 4.56. The van der Waals surface area contributed by atoms with Gasteiger partial charge in [0, 0.05) is 25.3 Å². The fourth-order valence-electron chi connectivity index (χ4n) is 2.21. The van der Waals surface area contributed by atoms with E-state index < -0.39 is 0 Å². The van der Waals surface area contributed by atoms with Gasteiger partial charge in [0.05, 0.1) is 6.61 Å². The van der Waals surface area contributed by atoms with Crippen molar-refractivity contribution >= 4 is 5.82 Å². The summed E-state index contributed by atoms with van der Waals surface area (Å²) in [5.41, 5.74) is 0. The summed E-state index contributed by atoms with van der Waals surface area (Å²) in [6, 6.07) is 2.23. The van der Waals surface area contributed by atoms with Gasteiger partial charge in [0.25, 0.3) is 0 Å². The van der Waals surface area contributed by atoms with E-state index in [0.29, 0.717) is 24.4 Å². The Hall–Kier alpha value is -1.36. The molecule has 2 rings (SSSR count). The number of anilines is 1. The van der Waals surface area contributed by atoms with Crippen molar-refractivity contribution in [3.05, 3.63) is 12.4 Å². The van der Waals surface area contributed by atoms with Crippen LogP contribution >= 0.6 is 0 Å². The third kappa shape index (κ3) is 3.57. The van der Waals surface area contributed by atoms with Crippen molar-refractivity contribution in [2.75, 3.05) is 25.1 Å². The van der Waals surface area contributed by atoms with Gasteiger partial charge < -0.3 is 14.8 Å². The summed E-state index contributed by atoms with van der Waals surface area (Å²) in [4.78, 5) is 8.28. The zero-order valence-electron chi connectivity index (χ0n) is 11.1. The standard InChI is InChI=1S/C13H21N3O2/c1-3-18-13-8-12(14-9-15-13)16-10(2)11-4-6-17-7-5-11/h8-11H,3-7H2,1-2H3,(H,14,15,16). The molecular formula is C13H21N3O2. The summed E-state index contributed by atoms with van der Waals surface area (Å²) in [5.74, 6) is 2.09. The van der Waals surface area contributed by atoms with E-state index in [-0.39, 0.29) is 0 Å². The lowest BCUT2D eigenvalue weighted by Crippen LogP contribution is -2.31. The third-order valence-corrected chi connectivity index (χ3v) is 3.28. The largest absolute Gasteiger partial charge is 0.478 e. The predicted molar refractivity (Wildman–Crippen MR) is 69.8 cm³/mol. The van der Waals surface area contributed by atoms with E-state index in [4.69, 9.17) is 9.47 Å². The van der Waals surface area contributed by atoms with Gasteiger partial charge in [-0.2, -0.15) is 0 Å². The van der Waals surface area contributed by atoms with Crippen LogP contribution in [0, 0.1) is 5.92 Å². The maximum atomic E-state index is 5.38. The van der Waals surface area contributed by atoms with Crippen LogP contribution in [0.5, 0.6) is 5.88 Å². The van der Waals surface area contributed by atoms with Gasteiger partial charge in [-0.15, -0.1) is 0 Å². The normalized spacial score (nSPS) is 18.3. The van der Waals surface area contributed by atoms with Crippen molar-refractivity contribution in [2.45, 2.75) is 32.7 Å². The van der Waals surface area contributed by atoms with Gasteiger partial charge in [-0.3, -0.25) is 0 Å². The Bertz CT molecular complexity index is 367. The molecule has 0 aliphatic carbocycles. The van der Waals surface area contributed by atoms with Gasteiger partial charge in [0.2, 0.25) is 5.88 Å². The van der Waals surface area contributed by atoms with E-state index in [2.05, 4.69) is 22.2 Å². The van der Waals surface area contributed by atoms with Gasteiger partial charge in [-0.05, 0) is 32.6 Å². The minimum atomic E-state index is 0.387. The molecule has 1 N–H and O–H groups in total. The fourth-order valence-corrected chi connectivity index (χ4v) is 2.21. The highest BCUT2D eigenvalue weighted by molar-refractivity contribution is 5.38. The summed E-state index contributed by atoms with van der Waals surface area (Å²) in [7, 11) is 0. The van der Waals surface area contributed by atoms with E-state index in [0.717, 1.165) is 31.9 Å². The molecule has 0 spiro atoms. The number of nitrogens with one attached hydrogen (secondary N) is 1. The second-order valence-electron chi connectivity index (χ2n) is 4.56. The summed E-state index contributed by atoms with van der Waals surface area (Å²) in [6.45, 7) is 6.49. The SMILES string of the molecule is CCOc1cc(NC(C)C2CCOCC2)ncn1. The molecule has 5 nitrogen and oxygen atoms in total. The number of rotatable bonds is 5. The molecule has 0 aromatic carbocycles. The lowest BCUT2D eigenvalue weighted by atomic mass is 9.93. The van der Waals surface area contributed by atoms with E-state index in [1.54, 1.807) is 0 Å². The average molecular weight is 251 g/mol. The van der Waals surface area contributed by atoms with Crippen LogP contribution in [0.2, 0.25) is 0 Å². The molecule has 0 radical (unpaired) electrons. The Morgan fingerprint density at radius 3 is 2.94 bits per heavy atom. The molecule has 0 saturated carbocycles. The zero-order chi connectivity index (χ0) is 12.8. The Morgan fingerprint density at radius 1 is 1.44 bits per heavy atom. The smallest absolute Gasteiger partial charge is 0.218 e. The van der Waals surface area contributed by atoms with Crippen LogP contribution < -0.4 is 10.1 Å². The third-order valence-electron chi connectivity index (χ3n) is 3.28. The highest BCUT2D eigenvalue weighted by atomic mass is 16.5. The number of ether oxygens (including phenoxy) is 2. The number of hydrogen-bond donors (Lipinski definition) is 1. The maximum Gasteiger partial charge on any atom is 0.218 e. The first-order valence-corrected chi connectivity index (χ1v) is 6.58. The van der Waals surface area contributed by atoms with Crippen molar-refractivity contribution in [1.82, 2.24) is 9.97 Å². The molecule has 0 bridgehead atoms. The predicted octanol–water partition coefficient (Wildman–Crippen LogP) is 2.10. The van der Waals surface area contributed by atoms with Crippen molar-refractivity contribution in [3.63, 3.8) is 0 Å². The lowest BCUT2D eigenvalue weighted by Gasteiger charge is -2.28. The molecule has 1 aliphatic heterocycles. The molecule has 1 aromatic rings. The van der Waals surface area contributed by atoms with Crippen molar-refractivity contribution in [3.8, 4) is 5.88 Å². The topological polar surface area (TPSA) is 56.3 Å². The van der Waals surface area contributed by atoms with Gasteiger partial charge >= 0.3 is 0 Å². The zero-order valence-corrected chi connectivity index (χ0v) is 11.1. The first-order valence-electron chi connectivity index (χ1n) is 6.58. The highest BCUT2D eigenvalue weighted by Gasteiger charge is 2.20. The minimum Gasteiger partial charge on any atom is -0.478 e. The van der Waals surface area contributed by atoms with Crippen LogP contribution in [0.15, 0.2) is 12.4 Å². The van der Waals surface area contributed by atoms with Gasteiger partial charge in [-0.1, -0.05) is 0 Å². The molecule has 18 heavy (non-hydrogen) atoms. The summed E-state index contributed by atoms with van der Waals surface area (Å²) < 4.78 is 10.7. The molecule has 1 atom stereocenters. The molecule has 2 heterocycles. The second kappa shape index (κ2) is 6.54. The van der Waals surface area contributed by atoms with Crippen LogP contribution in [0.3, 0.4) is 0 Å². The first kappa shape index (κ1) is 13.1. The molecular weight excluding hydrogens is 230 g/mol. The van der Waals surface area contributed by atoms with Crippen LogP contribution in [-0.2, 0) is 4.74 Å². The van der Waals surface area contributed by atoms with Crippen LogP contribution in [0.1, 0.15) is 26.7 Å². The Morgan fingerprint density at radius 2 is 2.22 bits per heavy atom. The van der Waals surface area contributed by atoms with E-state index in [1.807, 2.05) is 13.0 Å². The molecule has 100 valence electrons. The Balaban J connectivity index is 1.93. The number of hydrogen-bond acceptors (Lipinski definition) is 5. The van der Waals surface area contributed by atoms with Gasteiger partial charge in [0.15, 0.2) is 0 Å². The quantitative estimate of drug-likeness (QED) is 0.868. The van der Waals surface area contributed by atoms with Crippen LogP contribution in [-0.4, -0.2) is 35.8 Å². The molecule has 1 fully saturated rings. The van der Waals surface area contributed by atoms with Crippen LogP contribution in [0.25, 0.3) is 0 Å². The number of aromatic nitrogens is 2. The molecule has 1 aromatic heterocycles. The molecule has 1 saturated heterocycles. The number of nitrogens with zero attached hydrogens (tertiary/aromatic N) is 2. The van der Waals surface area contributed by atoms with E-state index in [9.17, 15) is 0 Å². The minimum absolute atomic E-state index is 0.387. The fraction of sp³-hybridized carbons (Fsp3) is 0.692. The maximum absolute atomic E-state index is 5.38. The lowest BCUT2D eigenvalue weighted by molar-refractivity contribution is 0.0622. The van der Waals surface area contributed by atoms with E-state index >= 15 is 0 Å². The van der Waals surface area contributed by atoms with E-state index in [1.165, 1.54) is 6.33 Å². The van der Waals surface area contributed by atoms with Crippen molar-refractivity contribution < 1.29 is 9.47 Å². The average Bonchev–Trinajstić information content (AvgIpc) is 2.40. The molecule has 0 amide bonds. The first-order chi connectivity index (χ1) is 8.79. The van der Waals surface area contributed by atoms with Crippen molar-refractivity contribution in [1.29, 1.82) is 0 Å². The molecule has 1 aliphatic rings. The van der Waals surface area contributed by atoms with Crippen molar-refractivity contribution in [2.24, 2.45) is 5.92 Å². The summed E-state index contributed by atoms with van der Waals surface area (Å²) in [6.07, 6.45) is 3.75. The van der Waals surface area contributed by atoms with Gasteiger partial charge in [0.1, 0.15) is 12.1 Å². The van der Waals surface area contributed by atoms with Gasteiger partial charge in [-0.25, -0.2) is 9.97 Å². The summed E-state index contributed by atoms with van der Waals surface area (Å²) >= 11 is 0. The monoisotopic (exact) mass is 251 g/mol. The highest BCUT2D eigenvalue weighted by Crippen LogP contribution is 2.21. The molecule has 5 heteroatoms. The Kier molecular flexibility index (Phi) is 4.75. The molecule has 1 unspecified atom stereocenters. The summed E-state index contributed by atoms with van der Waals surface area (Å²) in [5, 5.41) is 3.42. The van der Waals surface area contributed by atoms with Crippen LogP contribution in [0.4, 0.5) is 5.82 Å².